The van der Waals surface area contributed by atoms with Crippen LogP contribution in [0.15, 0.2) is 24.3 Å². The van der Waals surface area contributed by atoms with Crippen molar-refractivity contribution in [3.05, 3.63) is 39.9 Å². The lowest BCUT2D eigenvalue weighted by atomic mass is 10.1. The van der Waals surface area contributed by atoms with Gasteiger partial charge in [0, 0.05) is 24.7 Å². The Labute approximate surface area is 127 Å². The minimum Gasteiger partial charge on any atom is -0.469 e. The summed E-state index contributed by atoms with van der Waals surface area (Å²) in [6, 6.07) is 5.58. The van der Waals surface area contributed by atoms with Crippen molar-refractivity contribution in [2.24, 2.45) is 0 Å². The molecule has 8 heteroatoms. The molecule has 0 aliphatic rings. The second kappa shape index (κ2) is 8.73. The van der Waals surface area contributed by atoms with E-state index >= 15 is 0 Å². The molecule has 0 bridgehead atoms. The zero-order valence-corrected chi connectivity index (χ0v) is 12.4. The predicted octanol–water partition coefficient (Wildman–Crippen LogP) is 1.18. The van der Waals surface area contributed by atoms with Crippen LogP contribution < -0.4 is 5.32 Å². The Bertz CT molecular complexity index is 511. The largest absolute Gasteiger partial charge is 0.469 e. The van der Waals surface area contributed by atoms with Gasteiger partial charge in [0.1, 0.15) is 0 Å². The third-order valence-electron chi connectivity index (χ3n) is 3.02. The SMILES string of the molecule is COC(=O)CC(CC(=O)OC)NCc1ccc([N+](=O)[O-])cc1. The zero-order chi connectivity index (χ0) is 16.5. The summed E-state index contributed by atoms with van der Waals surface area (Å²) in [5.74, 6) is -0.879. The molecule has 0 saturated heterocycles. The summed E-state index contributed by atoms with van der Waals surface area (Å²) < 4.78 is 9.17. The van der Waals surface area contributed by atoms with Crippen molar-refractivity contribution in [1.29, 1.82) is 0 Å². The Morgan fingerprint density at radius 3 is 2.05 bits per heavy atom. The second-order valence-corrected chi connectivity index (χ2v) is 4.56. The molecule has 0 heterocycles. The highest BCUT2D eigenvalue weighted by Crippen LogP contribution is 2.12. The Morgan fingerprint density at radius 1 is 1.14 bits per heavy atom. The van der Waals surface area contributed by atoms with Crippen LogP contribution in [0.1, 0.15) is 18.4 Å². The average molecular weight is 310 g/mol. The molecule has 120 valence electrons. The molecule has 1 rings (SSSR count). The number of non-ortho nitro benzene ring substituents is 1. The van der Waals surface area contributed by atoms with Gasteiger partial charge in [0.2, 0.25) is 0 Å². The number of benzene rings is 1. The standard InChI is InChI=1S/C14H18N2O6/c1-21-13(17)7-11(8-14(18)22-2)15-9-10-3-5-12(6-4-10)16(19)20/h3-6,11,15H,7-9H2,1-2H3. The zero-order valence-electron chi connectivity index (χ0n) is 12.4. The molecule has 0 saturated carbocycles. The van der Waals surface area contributed by atoms with Crippen molar-refractivity contribution < 1.29 is 24.0 Å². The van der Waals surface area contributed by atoms with E-state index in [4.69, 9.17) is 0 Å². The molecular weight excluding hydrogens is 292 g/mol. The molecular formula is C14H18N2O6. The molecule has 0 aliphatic heterocycles. The minimum atomic E-state index is -0.478. The minimum absolute atomic E-state index is 0.00409. The quantitative estimate of drug-likeness (QED) is 0.436. The van der Waals surface area contributed by atoms with Crippen LogP contribution in [0.5, 0.6) is 0 Å². The number of hydrogen-bond donors (Lipinski definition) is 1. The van der Waals surface area contributed by atoms with Crippen LogP contribution in [-0.2, 0) is 25.6 Å². The van der Waals surface area contributed by atoms with Gasteiger partial charge in [-0.2, -0.15) is 0 Å². The highest BCUT2D eigenvalue weighted by atomic mass is 16.6. The Hall–Kier alpha value is -2.48. The number of carbonyl (C=O) groups is 2. The fourth-order valence-electron chi connectivity index (χ4n) is 1.78. The maximum Gasteiger partial charge on any atom is 0.307 e. The molecule has 0 amide bonds. The molecule has 8 nitrogen and oxygen atoms in total. The normalized spacial score (nSPS) is 10.3. The van der Waals surface area contributed by atoms with E-state index in [2.05, 4.69) is 14.8 Å². The molecule has 0 aliphatic carbocycles. The van der Waals surface area contributed by atoms with Crippen molar-refractivity contribution >= 4 is 17.6 Å². The van der Waals surface area contributed by atoms with Gasteiger partial charge in [-0.1, -0.05) is 12.1 Å². The van der Waals surface area contributed by atoms with Crippen molar-refractivity contribution in [1.82, 2.24) is 5.32 Å². The fourth-order valence-corrected chi connectivity index (χ4v) is 1.78. The van der Waals surface area contributed by atoms with Crippen LogP contribution in [0.3, 0.4) is 0 Å². The first-order chi connectivity index (χ1) is 10.5. The number of ether oxygens (including phenoxy) is 2. The van der Waals surface area contributed by atoms with Gasteiger partial charge in [-0.05, 0) is 5.56 Å². The number of nitrogens with zero attached hydrogens (tertiary/aromatic N) is 1. The first-order valence-electron chi connectivity index (χ1n) is 6.56. The fraction of sp³-hybridized carbons (Fsp3) is 0.429. The topological polar surface area (TPSA) is 108 Å². The highest BCUT2D eigenvalue weighted by Gasteiger charge is 2.18. The lowest BCUT2D eigenvalue weighted by Gasteiger charge is -2.16. The van der Waals surface area contributed by atoms with Crippen LogP contribution in [0, 0.1) is 10.1 Å². The molecule has 0 atom stereocenters. The summed E-state index contributed by atoms with van der Waals surface area (Å²) in [5, 5.41) is 13.6. The van der Waals surface area contributed by atoms with Crippen LogP contribution >= 0.6 is 0 Å². The van der Waals surface area contributed by atoms with E-state index in [9.17, 15) is 19.7 Å². The summed E-state index contributed by atoms with van der Waals surface area (Å²) >= 11 is 0. The Balaban J connectivity index is 2.62. The monoisotopic (exact) mass is 310 g/mol. The van der Waals surface area contributed by atoms with E-state index in [0.29, 0.717) is 6.54 Å². The molecule has 0 unspecified atom stereocenters. The van der Waals surface area contributed by atoms with Crippen LogP contribution in [0.4, 0.5) is 5.69 Å². The number of carbonyl (C=O) groups excluding carboxylic acids is 2. The molecule has 0 spiro atoms. The van der Waals surface area contributed by atoms with Crippen LogP contribution in [0.2, 0.25) is 0 Å². The summed E-state index contributed by atoms with van der Waals surface area (Å²) in [6.45, 7) is 0.358. The third kappa shape index (κ3) is 5.88. The van der Waals surface area contributed by atoms with Gasteiger partial charge in [0.25, 0.3) is 5.69 Å². The van der Waals surface area contributed by atoms with Gasteiger partial charge in [0.15, 0.2) is 0 Å². The van der Waals surface area contributed by atoms with E-state index < -0.39 is 22.9 Å². The van der Waals surface area contributed by atoms with E-state index in [1.165, 1.54) is 26.4 Å². The molecule has 1 aromatic carbocycles. The maximum absolute atomic E-state index is 11.3. The highest BCUT2D eigenvalue weighted by molar-refractivity contribution is 5.73. The number of nitro groups is 1. The summed E-state index contributed by atoms with van der Waals surface area (Å²) in [7, 11) is 2.54. The molecule has 0 fully saturated rings. The summed E-state index contributed by atoms with van der Waals surface area (Å²) in [6.07, 6.45) is 0.0527. The number of nitrogens with one attached hydrogen (secondary N) is 1. The van der Waals surface area contributed by atoms with Crippen LogP contribution in [-0.4, -0.2) is 37.1 Å². The molecule has 1 N–H and O–H groups in total. The van der Waals surface area contributed by atoms with Crippen LogP contribution in [0.25, 0.3) is 0 Å². The molecule has 0 aromatic heterocycles. The number of methoxy groups -OCH3 is 2. The van der Waals surface area contributed by atoms with E-state index in [1.54, 1.807) is 12.1 Å². The Morgan fingerprint density at radius 2 is 1.64 bits per heavy atom. The average Bonchev–Trinajstić information content (AvgIpc) is 2.52. The van der Waals surface area contributed by atoms with Gasteiger partial charge in [-0.15, -0.1) is 0 Å². The number of esters is 2. The second-order valence-electron chi connectivity index (χ2n) is 4.56. The van der Waals surface area contributed by atoms with E-state index in [0.717, 1.165) is 5.56 Å². The van der Waals surface area contributed by atoms with E-state index in [-0.39, 0.29) is 18.5 Å². The predicted molar refractivity (Wildman–Crippen MR) is 77.0 cm³/mol. The molecule has 0 radical (unpaired) electrons. The molecule has 1 aromatic rings. The van der Waals surface area contributed by atoms with E-state index in [1.807, 2.05) is 0 Å². The first-order valence-corrected chi connectivity index (χ1v) is 6.56. The summed E-state index contributed by atoms with van der Waals surface area (Å²) in [4.78, 5) is 32.8. The Kier molecular flexibility index (Phi) is 6.97. The number of rotatable bonds is 8. The number of nitro benzene ring substituents is 1. The van der Waals surface area contributed by atoms with Gasteiger partial charge >= 0.3 is 11.9 Å². The third-order valence-corrected chi connectivity index (χ3v) is 3.02. The van der Waals surface area contributed by atoms with Gasteiger partial charge in [0.05, 0.1) is 32.0 Å². The van der Waals surface area contributed by atoms with Crippen molar-refractivity contribution in [2.45, 2.75) is 25.4 Å². The van der Waals surface area contributed by atoms with Crippen molar-refractivity contribution in [2.75, 3.05) is 14.2 Å². The van der Waals surface area contributed by atoms with Gasteiger partial charge < -0.3 is 14.8 Å². The lowest BCUT2D eigenvalue weighted by Crippen LogP contribution is -2.33. The summed E-state index contributed by atoms with van der Waals surface area (Å²) in [5.41, 5.74) is 0.801. The first kappa shape index (κ1) is 17.6. The number of hydrogen-bond acceptors (Lipinski definition) is 7. The van der Waals surface area contributed by atoms with Crippen molar-refractivity contribution in [3.63, 3.8) is 0 Å². The molecule has 22 heavy (non-hydrogen) atoms. The van der Waals surface area contributed by atoms with Gasteiger partial charge in [-0.25, -0.2) is 0 Å². The van der Waals surface area contributed by atoms with Gasteiger partial charge in [-0.3, -0.25) is 19.7 Å². The van der Waals surface area contributed by atoms with Crippen molar-refractivity contribution in [3.8, 4) is 0 Å². The lowest BCUT2D eigenvalue weighted by molar-refractivity contribution is -0.384. The smallest absolute Gasteiger partial charge is 0.307 e. The maximum atomic E-state index is 11.3.